The summed E-state index contributed by atoms with van der Waals surface area (Å²) in [5.41, 5.74) is 0.463. The highest BCUT2D eigenvalue weighted by Crippen LogP contribution is 2.24. The van der Waals surface area contributed by atoms with E-state index in [-0.39, 0.29) is 0 Å². The SMILES string of the molecule is CC(C)(O)c1cn(-c2ccc(I)cc2Br)nn1. The van der Waals surface area contributed by atoms with Gasteiger partial charge in [0.05, 0.1) is 11.9 Å². The highest BCUT2D eigenvalue weighted by Gasteiger charge is 2.20. The molecule has 0 atom stereocenters. The molecule has 0 saturated carbocycles. The minimum absolute atomic E-state index is 0.544. The predicted molar refractivity (Wildman–Crippen MR) is 77.0 cm³/mol. The largest absolute Gasteiger partial charge is 0.384 e. The molecule has 0 bridgehead atoms. The number of rotatable bonds is 2. The minimum Gasteiger partial charge on any atom is -0.384 e. The van der Waals surface area contributed by atoms with Crippen LogP contribution in [0.5, 0.6) is 0 Å². The van der Waals surface area contributed by atoms with Crippen molar-refractivity contribution in [1.29, 1.82) is 0 Å². The molecule has 0 aliphatic carbocycles. The average Bonchev–Trinajstić information content (AvgIpc) is 2.65. The molecule has 4 nitrogen and oxygen atoms in total. The first-order valence-electron chi connectivity index (χ1n) is 4.98. The molecule has 0 radical (unpaired) electrons. The first-order valence-corrected chi connectivity index (χ1v) is 6.86. The van der Waals surface area contributed by atoms with Gasteiger partial charge in [-0.15, -0.1) is 5.10 Å². The Balaban J connectivity index is 2.44. The van der Waals surface area contributed by atoms with Crippen LogP contribution in [0.4, 0.5) is 0 Å². The van der Waals surface area contributed by atoms with Crippen LogP contribution in [-0.4, -0.2) is 20.1 Å². The van der Waals surface area contributed by atoms with Gasteiger partial charge < -0.3 is 5.11 Å². The number of aliphatic hydroxyl groups is 1. The second kappa shape index (κ2) is 4.66. The van der Waals surface area contributed by atoms with Crippen LogP contribution in [0.1, 0.15) is 19.5 Å². The molecule has 2 rings (SSSR count). The lowest BCUT2D eigenvalue weighted by Crippen LogP contribution is -2.15. The molecule has 0 aliphatic heterocycles. The summed E-state index contributed by atoms with van der Waals surface area (Å²) in [6.45, 7) is 3.37. The summed E-state index contributed by atoms with van der Waals surface area (Å²) >= 11 is 5.73. The fourth-order valence-corrected chi connectivity index (χ4v) is 2.81. The van der Waals surface area contributed by atoms with Crippen molar-refractivity contribution in [2.24, 2.45) is 0 Å². The molecule has 1 aromatic heterocycles. The number of hydrogen-bond acceptors (Lipinski definition) is 3. The molecule has 1 N–H and O–H groups in total. The molecule has 0 unspecified atom stereocenters. The van der Waals surface area contributed by atoms with Crippen molar-refractivity contribution < 1.29 is 5.11 Å². The lowest BCUT2D eigenvalue weighted by Gasteiger charge is -2.11. The van der Waals surface area contributed by atoms with Gasteiger partial charge in [-0.3, -0.25) is 0 Å². The molecule has 1 aromatic carbocycles. The second-order valence-electron chi connectivity index (χ2n) is 4.20. The maximum Gasteiger partial charge on any atom is 0.114 e. The molecule has 0 amide bonds. The molecule has 90 valence electrons. The molecule has 1 heterocycles. The maximum atomic E-state index is 9.83. The molecule has 0 aliphatic rings. The minimum atomic E-state index is -0.978. The number of nitrogens with zero attached hydrogens (tertiary/aromatic N) is 3. The van der Waals surface area contributed by atoms with Gasteiger partial charge >= 0.3 is 0 Å². The van der Waals surface area contributed by atoms with Gasteiger partial charge in [0.1, 0.15) is 11.3 Å². The number of hydrogen-bond donors (Lipinski definition) is 1. The second-order valence-corrected chi connectivity index (χ2v) is 6.30. The molecule has 2 aromatic rings. The Morgan fingerprint density at radius 2 is 2.12 bits per heavy atom. The smallest absolute Gasteiger partial charge is 0.114 e. The third-order valence-electron chi connectivity index (χ3n) is 2.28. The van der Waals surface area contributed by atoms with E-state index in [4.69, 9.17) is 0 Å². The van der Waals surface area contributed by atoms with Crippen LogP contribution < -0.4 is 0 Å². The topological polar surface area (TPSA) is 50.9 Å². The van der Waals surface area contributed by atoms with Crippen LogP contribution in [0.25, 0.3) is 5.69 Å². The van der Waals surface area contributed by atoms with E-state index in [0.29, 0.717) is 5.69 Å². The van der Waals surface area contributed by atoms with Crippen molar-refractivity contribution in [2.45, 2.75) is 19.4 Å². The normalized spacial score (nSPS) is 11.8. The van der Waals surface area contributed by atoms with Crippen LogP contribution in [0.3, 0.4) is 0 Å². The summed E-state index contributed by atoms with van der Waals surface area (Å²) in [4.78, 5) is 0. The van der Waals surface area contributed by atoms with E-state index in [0.717, 1.165) is 13.7 Å². The Morgan fingerprint density at radius 1 is 1.41 bits per heavy atom. The summed E-state index contributed by atoms with van der Waals surface area (Å²) in [5.74, 6) is 0. The Labute approximate surface area is 121 Å². The van der Waals surface area contributed by atoms with Gasteiger partial charge in [0.15, 0.2) is 0 Å². The van der Waals surface area contributed by atoms with Gasteiger partial charge in [-0.25, -0.2) is 4.68 Å². The van der Waals surface area contributed by atoms with Gasteiger partial charge in [0.25, 0.3) is 0 Å². The summed E-state index contributed by atoms with van der Waals surface area (Å²) in [6.07, 6.45) is 1.73. The first kappa shape index (κ1) is 13.0. The molecule has 17 heavy (non-hydrogen) atoms. The highest BCUT2D eigenvalue weighted by atomic mass is 127. The zero-order valence-electron chi connectivity index (χ0n) is 9.35. The molecule has 0 fully saturated rings. The molecular weight excluding hydrogens is 397 g/mol. The third-order valence-corrected chi connectivity index (χ3v) is 3.58. The predicted octanol–water partition coefficient (Wildman–Crippen LogP) is 2.86. The van der Waals surface area contributed by atoms with Crippen LogP contribution in [0.15, 0.2) is 28.9 Å². The Hall–Kier alpha value is -0.470. The Kier molecular flexibility index (Phi) is 3.55. The molecule has 0 saturated heterocycles. The van der Waals surface area contributed by atoms with Gasteiger partial charge in [-0.1, -0.05) is 5.21 Å². The van der Waals surface area contributed by atoms with E-state index in [1.807, 2.05) is 18.2 Å². The van der Waals surface area contributed by atoms with Crippen molar-refractivity contribution in [3.8, 4) is 5.69 Å². The van der Waals surface area contributed by atoms with E-state index >= 15 is 0 Å². The number of aromatic nitrogens is 3. The number of benzene rings is 1. The molecule has 0 spiro atoms. The van der Waals surface area contributed by atoms with Crippen LogP contribution in [-0.2, 0) is 5.60 Å². The Bertz CT molecular complexity index is 548. The van der Waals surface area contributed by atoms with Crippen LogP contribution in [0.2, 0.25) is 0 Å². The van der Waals surface area contributed by atoms with Crippen LogP contribution >= 0.6 is 38.5 Å². The van der Waals surface area contributed by atoms with Crippen LogP contribution in [0, 0.1) is 3.57 Å². The lowest BCUT2D eigenvalue weighted by molar-refractivity contribution is 0.0737. The van der Waals surface area contributed by atoms with Crippen molar-refractivity contribution in [3.63, 3.8) is 0 Å². The van der Waals surface area contributed by atoms with E-state index in [2.05, 4.69) is 48.8 Å². The van der Waals surface area contributed by atoms with Crippen molar-refractivity contribution in [3.05, 3.63) is 38.1 Å². The average molecular weight is 408 g/mol. The summed E-state index contributed by atoms with van der Waals surface area (Å²) < 4.78 is 3.73. The number of halogens is 2. The van der Waals surface area contributed by atoms with E-state index in [1.165, 1.54) is 0 Å². The van der Waals surface area contributed by atoms with E-state index in [9.17, 15) is 5.11 Å². The zero-order valence-corrected chi connectivity index (χ0v) is 13.1. The molecule has 6 heteroatoms. The van der Waals surface area contributed by atoms with Gasteiger partial charge in [0.2, 0.25) is 0 Å². The fraction of sp³-hybridized carbons (Fsp3) is 0.273. The van der Waals surface area contributed by atoms with Gasteiger partial charge in [-0.2, -0.15) is 0 Å². The molecular formula is C11H11BrIN3O. The first-order chi connectivity index (χ1) is 7.88. The Morgan fingerprint density at radius 3 is 2.65 bits per heavy atom. The van der Waals surface area contributed by atoms with Crippen molar-refractivity contribution in [1.82, 2.24) is 15.0 Å². The lowest BCUT2D eigenvalue weighted by atomic mass is 10.1. The quantitative estimate of drug-likeness (QED) is 0.778. The fourth-order valence-electron chi connectivity index (χ4n) is 1.33. The van der Waals surface area contributed by atoms with Crippen molar-refractivity contribution >= 4 is 38.5 Å². The standard InChI is InChI=1S/C11H11BrIN3O/c1-11(2,17)10-6-16(15-14-10)9-4-3-7(13)5-8(9)12/h3-6,17H,1-2H3. The summed E-state index contributed by atoms with van der Waals surface area (Å²) in [5, 5.41) is 17.8. The summed E-state index contributed by atoms with van der Waals surface area (Å²) in [6, 6.07) is 5.95. The summed E-state index contributed by atoms with van der Waals surface area (Å²) in [7, 11) is 0. The monoisotopic (exact) mass is 407 g/mol. The third kappa shape index (κ3) is 2.86. The van der Waals surface area contributed by atoms with E-state index in [1.54, 1.807) is 24.7 Å². The van der Waals surface area contributed by atoms with Gasteiger partial charge in [0, 0.05) is 8.04 Å². The maximum absolute atomic E-state index is 9.83. The zero-order chi connectivity index (χ0) is 12.6. The van der Waals surface area contributed by atoms with Gasteiger partial charge in [-0.05, 0) is 70.6 Å². The van der Waals surface area contributed by atoms with E-state index < -0.39 is 5.60 Å². The highest BCUT2D eigenvalue weighted by molar-refractivity contribution is 14.1. The van der Waals surface area contributed by atoms with Crippen molar-refractivity contribution in [2.75, 3.05) is 0 Å².